The number of nitrogen functional groups attached to an aromatic ring is 1. The Bertz CT molecular complexity index is 985. The van der Waals surface area contributed by atoms with Gasteiger partial charge in [0.05, 0.1) is 11.3 Å². The number of nitrogens with one attached hydrogen (secondary N) is 1. The molecule has 1 aromatic carbocycles. The Morgan fingerprint density at radius 1 is 1.21 bits per heavy atom. The van der Waals surface area contributed by atoms with E-state index in [1.165, 1.54) is 22.9 Å². The Balaban J connectivity index is 1.84. The molecule has 0 fully saturated rings. The smallest absolute Gasteiger partial charge is 0.382 e. The van der Waals surface area contributed by atoms with Crippen molar-refractivity contribution >= 4 is 11.7 Å². The first-order chi connectivity index (χ1) is 13.3. The number of rotatable bonds is 5. The Morgan fingerprint density at radius 3 is 2.61 bits per heavy atom. The van der Waals surface area contributed by atoms with Gasteiger partial charge in [0.1, 0.15) is 0 Å². The SMILES string of the molecule is CCc1nc(C(=O)NCc2ccccc2C(F)(F)F)c(N)nc1-n1cccn1. The van der Waals surface area contributed by atoms with E-state index in [1.54, 1.807) is 18.5 Å². The summed E-state index contributed by atoms with van der Waals surface area (Å²) in [5.74, 6) is -0.447. The van der Waals surface area contributed by atoms with Crippen molar-refractivity contribution in [3.63, 3.8) is 0 Å². The zero-order chi connectivity index (χ0) is 20.3. The minimum Gasteiger partial charge on any atom is -0.382 e. The van der Waals surface area contributed by atoms with Crippen molar-refractivity contribution in [2.45, 2.75) is 26.1 Å². The highest BCUT2D eigenvalue weighted by Gasteiger charge is 2.33. The molecule has 1 amide bonds. The predicted octanol–water partition coefficient (Wildman–Crippen LogP) is 2.76. The maximum Gasteiger partial charge on any atom is 0.416 e. The average Bonchev–Trinajstić information content (AvgIpc) is 3.20. The van der Waals surface area contributed by atoms with E-state index in [0.29, 0.717) is 17.9 Å². The van der Waals surface area contributed by atoms with Crippen molar-refractivity contribution in [2.75, 3.05) is 5.73 Å². The Kier molecular flexibility index (Phi) is 5.30. The summed E-state index contributed by atoms with van der Waals surface area (Å²) in [6.07, 6.45) is -0.826. The number of benzene rings is 1. The molecule has 3 N–H and O–H groups in total. The van der Waals surface area contributed by atoms with Crippen LogP contribution in [0.3, 0.4) is 0 Å². The quantitative estimate of drug-likeness (QED) is 0.698. The van der Waals surface area contributed by atoms with E-state index in [9.17, 15) is 18.0 Å². The van der Waals surface area contributed by atoms with Crippen LogP contribution in [0, 0.1) is 0 Å². The highest BCUT2D eigenvalue weighted by atomic mass is 19.4. The highest BCUT2D eigenvalue weighted by molar-refractivity contribution is 5.96. The van der Waals surface area contributed by atoms with Gasteiger partial charge in [0.15, 0.2) is 17.3 Å². The standard InChI is InChI=1S/C18H17F3N6O/c1-2-13-16(27-9-5-8-24-27)26-15(22)14(25-13)17(28)23-10-11-6-3-4-7-12(11)18(19,20)21/h3-9H,2,10H2,1H3,(H2,22,26)(H,23,28). The highest BCUT2D eigenvalue weighted by Crippen LogP contribution is 2.31. The van der Waals surface area contributed by atoms with Crippen molar-refractivity contribution in [3.8, 4) is 5.82 Å². The number of nitrogens with two attached hydrogens (primary N) is 1. The van der Waals surface area contributed by atoms with E-state index in [0.717, 1.165) is 6.07 Å². The van der Waals surface area contributed by atoms with Crippen molar-refractivity contribution in [1.29, 1.82) is 0 Å². The lowest BCUT2D eigenvalue weighted by Crippen LogP contribution is -2.27. The zero-order valence-electron chi connectivity index (χ0n) is 14.9. The molecule has 0 saturated heterocycles. The van der Waals surface area contributed by atoms with E-state index >= 15 is 0 Å². The second-order valence-corrected chi connectivity index (χ2v) is 5.87. The fraction of sp³-hybridized carbons (Fsp3) is 0.222. The number of aryl methyl sites for hydroxylation is 1. The molecule has 3 rings (SSSR count). The Hall–Kier alpha value is -3.43. The molecule has 10 heteroatoms. The molecule has 146 valence electrons. The molecule has 0 bridgehead atoms. The molecule has 0 saturated carbocycles. The van der Waals surface area contributed by atoms with E-state index in [1.807, 2.05) is 6.92 Å². The van der Waals surface area contributed by atoms with Gasteiger partial charge in [0, 0.05) is 18.9 Å². The number of carbonyl (C=O) groups is 1. The van der Waals surface area contributed by atoms with Gasteiger partial charge in [0.2, 0.25) is 0 Å². The van der Waals surface area contributed by atoms with Gasteiger partial charge in [-0.15, -0.1) is 0 Å². The van der Waals surface area contributed by atoms with Crippen molar-refractivity contribution in [2.24, 2.45) is 0 Å². The summed E-state index contributed by atoms with van der Waals surface area (Å²) >= 11 is 0. The zero-order valence-corrected chi connectivity index (χ0v) is 14.9. The summed E-state index contributed by atoms with van der Waals surface area (Å²) in [6.45, 7) is 1.51. The molecule has 2 aromatic heterocycles. The summed E-state index contributed by atoms with van der Waals surface area (Å²) in [7, 11) is 0. The van der Waals surface area contributed by atoms with E-state index in [4.69, 9.17) is 5.73 Å². The van der Waals surface area contributed by atoms with Crippen LogP contribution in [-0.4, -0.2) is 25.7 Å². The van der Waals surface area contributed by atoms with Crippen molar-refractivity contribution in [1.82, 2.24) is 25.1 Å². The lowest BCUT2D eigenvalue weighted by atomic mass is 10.1. The van der Waals surface area contributed by atoms with Gasteiger partial charge >= 0.3 is 6.18 Å². The number of halogens is 3. The summed E-state index contributed by atoms with van der Waals surface area (Å²) in [5.41, 5.74) is 5.34. The van der Waals surface area contributed by atoms with Crippen LogP contribution in [0.1, 0.15) is 34.2 Å². The molecule has 0 spiro atoms. The van der Waals surface area contributed by atoms with Gasteiger partial charge in [-0.1, -0.05) is 25.1 Å². The minimum atomic E-state index is -4.51. The largest absolute Gasteiger partial charge is 0.416 e. The number of alkyl halides is 3. The summed E-state index contributed by atoms with van der Waals surface area (Å²) in [6, 6.07) is 6.73. The van der Waals surface area contributed by atoms with E-state index < -0.39 is 17.6 Å². The topological polar surface area (TPSA) is 98.7 Å². The first-order valence-electron chi connectivity index (χ1n) is 8.41. The minimum absolute atomic E-state index is 0.0567. The Morgan fingerprint density at radius 2 is 1.96 bits per heavy atom. The number of nitrogens with zero attached hydrogens (tertiary/aromatic N) is 4. The number of amides is 1. The van der Waals surface area contributed by atoms with Crippen LogP contribution in [0.5, 0.6) is 0 Å². The first kappa shape index (κ1) is 19.3. The van der Waals surface area contributed by atoms with Crippen molar-refractivity contribution in [3.05, 3.63) is 65.2 Å². The third kappa shape index (κ3) is 3.95. The van der Waals surface area contributed by atoms with Gasteiger partial charge in [-0.25, -0.2) is 14.6 Å². The lowest BCUT2D eigenvalue weighted by molar-refractivity contribution is -0.138. The van der Waals surface area contributed by atoms with Gasteiger partial charge in [0.25, 0.3) is 5.91 Å². The van der Waals surface area contributed by atoms with Crippen LogP contribution >= 0.6 is 0 Å². The van der Waals surface area contributed by atoms with Gasteiger partial charge in [-0.3, -0.25) is 4.79 Å². The monoisotopic (exact) mass is 390 g/mol. The molecular formula is C18H17F3N6O. The molecule has 0 unspecified atom stereocenters. The Labute approximate surface area is 158 Å². The fourth-order valence-electron chi connectivity index (χ4n) is 2.67. The number of hydrogen-bond donors (Lipinski definition) is 2. The molecular weight excluding hydrogens is 373 g/mol. The molecule has 0 aliphatic heterocycles. The normalized spacial score (nSPS) is 11.4. The van der Waals surface area contributed by atoms with Gasteiger partial charge in [-0.05, 0) is 24.1 Å². The molecule has 0 atom stereocenters. The second-order valence-electron chi connectivity index (χ2n) is 5.87. The number of hydrogen-bond acceptors (Lipinski definition) is 5. The maximum atomic E-state index is 13.1. The van der Waals surface area contributed by atoms with Crippen molar-refractivity contribution < 1.29 is 18.0 Å². The van der Waals surface area contributed by atoms with E-state index in [-0.39, 0.29) is 23.6 Å². The van der Waals surface area contributed by atoms with Gasteiger partial charge in [-0.2, -0.15) is 18.3 Å². The van der Waals surface area contributed by atoms with Crippen LogP contribution in [0.15, 0.2) is 42.7 Å². The van der Waals surface area contributed by atoms with Crippen LogP contribution in [-0.2, 0) is 19.1 Å². The molecule has 7 nitrogen and oxygen atoms in total. The second kappa shape index (κ2) is 7.67. The first-order valence-corrected chi connectivity index (χ1v) is 8.41. The van der Waals surface area contributed by atoms with Crippen LogP contribution in [0.25, 0.3) is 5.82 Å². The van der Waals surface area contributed by atoms with Gasteiger partial charge < -0.3 is 11.1 Å². The third-order valence-corrected chi connectivity index (χ3v) is 4.01. The van der Waals surface area contributed by atoms with Crippen LogP contribution in [0.4, 0.5) is 19.0 Å². The number of anilines is 1. The summed E-state index contributed by atoms with van der Waals surface area (Å²) < 4.78 is 40.7. The molecule has 0 aliphatic carbocycles. The lowest BCUT2D eigenvalue weighted by Gasteiger charge is -2.14. The third-order valence-electron chi connectivity index (χ3n) is 4.01. The summed E-state index contributed by atoms with van der Waals surface area (Å²) in [5, 5.41) is 6.50. The van der Waals surface area contributed by atoms with E-state index in [2.05, 4.69) is 20.4 Å². The van der Waals surface area contributed by atoms with Crippen LogP contribution in [0.2, 0.25) is 0 Å². The molecule has 0 aliphatic rings. The summed E-state index contributed by atoms with van der Waals surface area (Å²) in [4.78, 5) is 20.9. The molecule has 3 aromatic rings. The van der Waals surface area contributed by atoms with Crippen LogP contribution < -0.4 is 11.1 Å². The predicted molar refractivity (Wildman–Crippen MR) is 95.6 cm³/mol. The maximum absolute atomic E-state index is 13.1. The average molecular weight is 390 g/mol. The molecule has 2 heterocycles. The molecule has 28 heavy (non-hydrogen) atoms. The number of aromatic nitrogens is 4. The fourth-order valence-corrected chi connectivity index (χ4v) is 2.67. The molecule has 0 radical (unpaired) electrons. The number of carbonyl (C=O) groups excluding carboxylic acids is 1.